The Hall–Kier alpha value is -2.52. The van der Waals surface area contributed by atoms with Gasteiger partial charge in [0.2, 0.25) is 5.91 Å². The van der Waals surface area contributed by atoms with Crippen LogP contribution in [0.15, 0.2) is 28.1 Å². The Morgan fingerprint density at radius 2 is 2.19 bits per heavy atom. The molecular weight excluding hydrogens is 384 g/mol. The zero-order valence-corrected chi connectivity index (χ0v) is 16.5. The van der Waals surface area contributed by atoms with Gasteiger partial charge < -0.3 is 14.6 Å². The lowest BCUT2D eigenvalue weighted by atomic mass is 10.2. The van der Waals surface area contributed by atoms with Crippen LogP contribution >= 0.6 is 22.7 Å². The van der Waals surface area contributed by atoms with Crippen LogP contribution in [0.2, 0.25) is 0 Å². The van der Waals surface area contributed by atoms with E-state index in [1.54, 1.807) is 16.5 Å². The van der Waals surface area contributed by atoms with Crippen molar-refractivity contribution in [2.24, 2.45) is 0 Å². The summed E-state index contributed by atoms with van der Waals surface area (Å²) < 4.78 is 5.61. The third-order valence-corrected chi connectivity index (χ3v) is 6.27. The zero-order chi connectivity index (χ0) is 19.0. The number of nitrogens with zero attached hydrogens (tertiary/aromatic N) is 3. The molecule has 1 saturated heterocycles. The van der Waals surface area contributed by atoms with Crippen molar-refractivity contribution in [3.8, 4) is 10.8 Å². The Labute approximate surface area is 164 Å². The van der Waals surface area contributed by atoms with E-state index in [0.717, 1.165) is 12.2 Å². The number of carbonyl (C=O) groups excluding carboxylic acids is 2. The third kappa shape index (κ3) is 3.52. The van der Waals surface area contributed by atoms with E-state index in [4.69, 9.17) is 4.42 Å². The topological polar surface area (TPSA) is 88.3 Å². The van der Waals surface area contributed by atoms with Gasteiger partial charge in [0.25, 0.3) is 5.91 Å². The highest BCUT2D eigenvalue weighted by Crippen LogP contribution is 2.32. The number of hydrogen-bond acceptors (Lipinski definition) is 7. The molecule has 3 aromatic heterocycles. The lowest BCUT2D eigenvalue weighted by Gasteiger charge is -2.23. The normalized spacial score (nSPS) is 16.7. The van der Waals surface area contributed by atoms with E-state index in [2.05, 4.69) is 15.3 Å². The molecule has 7 nitrogen and oxygen atoms in total. The number of aryl methyl sites for hydroxylation is 2. The van der Waals surface area contributed by atoms with Crippen LogP contribution in [0.1, 0.15) is 34.0 Å². The van der Waals surface area contributed by atoms with Gasteiger partial charge in [0.15, 0.2) is 15.9 Å². The molecule has 3 aromatic rings. The molecule has 1 unspecified atom stereocenters. The summed E-state index contributed by atoms with van der Waals surface area (Å²) in [6.07, 6.45) is 3.07. The first kappa shape index (κ1) is 17.9. The molecule has 4 heterocycles. The Morgan fingerprint density at radius 3 is 2.89 bits per heavy atom. The monoisotopic (exact) mass is 402 g/mol. The number of hydrogen-bond donors (Lipinski definition) is 1. The maximum absolute atomic E-state index is 13.1. The number of nitrogens with one attached hydrogen (secondary N) is 1. The zero-order valence-electron chi connectivity index (χ0n) is 14.9. The summed E-state index contributed by atoms with van der Waals surface area (Å²) in [6.45, 7) is 4.23. The predicted molar refractivity (Wildman–Crippen MR) is 104 cm³/mol. The van der Waals surface area contributed by atoms with Gasteiger partial charge in [-0.15, -0.1) is 22.7 Å². The van der Waals surface area contributed by atoms with E-state index in [0.29, 0.717) is 39.4 Å². The van der Waals surface area contributed by atoms with Crippen LogP contribution in [0.3, 0.4) is 0 Å². The van der Waals surface area contributed by atoms with Gasteiger partial charge in [0.05, 0.1) is 5.69 Å². The molecule has 4 rings (SSSR count). The molecule has 1 atom stereocenters. The molecule has 0 bridgehead atoms. The summed E-state index contributed by atoms with van der Waals surface area (Å²) in [4.78, 5) is 36.5. The van der Waals surface area contributed by atoms with Gasteiger partial charge in [-0.1, -0.05) is 0 Å². The number of furan rings is 1. The molecule has 0 aliphatic carbocycles. The Kier molecular flexibility index (Phi) is 4.79. The number of aromatic nitrogens is 2. The Morgan fingerprint density at radius 1 is 1.33 bits per heavy atom. The minimum absolute atomic E-state index is 0.156. The molecule has 2 amide bonds. The first-order chi connectivity index (χ1) is 13.0. The van der Waals surface area contributed by atoms with Gasteiger partial charge in [-0.05, 0) is 38.8 Å². The van der Waals surface area contributed by atoms with Crippen molar-refractivity contribution in [1.29, 1.82) is 0 Å². The largest absolute Gasteiger partial charge is 0.459 e. The van der Waals surface area contributed by atoms with Crippen molar-refractivity contribution in [3.63, 3.8) is 0 Å². The van der Waals surface area contributed by atoms with E-state index in [9.17, 15) is 9.59 Å². The van der Waals surface area contributed by atoms with Crippen LogP contribution in [0, 0.1) is 13.8 Å². The van der Waals surface area contributed by atoms with E-state index in [1.165, 1.54) is 22.7 Å². The molecule has 1 N–H and O–H groups in total. The molecule has 1 aliphatic heterocycles. The number of thiazole rings is 2. The summed E-state index contributed by atoms with van der Waals surface area (Å²) in [5, 5.41) is 5.81. The molecule has 0 saturated carbocycles. The fourth-order valence-electron chi connectivity index (χ4n) is 3.14. The van der Waals surface area contributed by atoms with Crippen molar-refractivity contribution in [2.75, 3.05) is 11.9 Å². The first-order valence-electron chi connectivity index (χ1n) is 8.58. The van der Waals surface area contributed by atoms with Gasteiger partial charge in [0, 0.05) is 18.1 Å². The molecule has 27 heavy (non-hydrogen) atoms. The highest BCUT2D eigenvalue weighted by molar-refractivity contribution is 7.17. The Bertz CT molecular complexity index is 977. The number of rotatable bonds is 4. The maximum Gasteiger partial charge on any atom is 0.266 e. The van der Waals surface area contributed by atoms with Crippen molar-refractivity contribution in [2.45, 2.75) is 32.7 Å². The SMILES string of the molecule is Cc1ccc(-c2nc(C)c(C(=O)N3CCCC3C(=O)Nc3nccs3)s2)o1. The number of carbonyl (C=O) groups is 2. The van der Waals surface area contributed by atoms with E-state index in [1.807, 2.05) is 26.0 Å². The Balaban J connectivity index is 1.54. The standard InChI is InChI=1S/C18H18N4O3S2/c1-10-5-6-13(25-10)16-20-11(2)14(27-16)17(24)22-8-3-4-12(22)15(23)21-18-19-7-9-26-18/h5-7,9,12H,3-4,8H2,1-2H3,(H,19,21,23). The van der Waals surface area contributed by atoms with Gasteiger partial charge in [-0.3, -0.25) is 9.59 Å². The minimum atomic E-state index is -0.489. The highest BCUT2D eigenvalue weighted by atomic mass is 32.1. The van der Waals surface area contributed by atoms with Crippen molar-refractivity contribution in [1.82, 2.24) is 14.9 Å². The van der Waals surface area contributed by atoms with Crippen LogP contribution in [0.4, 0.5) is 5.13 Å². The predicted octanol–water partition coefficient (Wildman–Crippen LogP) is 3.72. The smallest absolute Gasteiger partial charge is 0.266 e. The minimum Gasteiger partial charge on any atom is -0.459 e. The van der Waals surface area contributed by atoms with Gasteiger partial charge >= 0.3 is 0 Å². The summed E-state index contributed by atoms with van der Waals surface area (Å²) in [6, 6.07) is 3.23. The van der Waals surface area contributed by atoms with Gasteiger partial charge in [-0.25, -0.2) is 9.97 Å². The summed E-state index contributed by atoms with van der Waals surface area (Å²) in [5.74, 6) is 1.10. The second-order valence-corrected chi connectivity index (χ2v) is 8.22. The van der Waals surface area contributed by atoms with E-state index < -0.39 is 6.04 Å². The van der Waals surface area contributed by atoms with Crippen LogP contribution in [0.25, 0.3) is 10.8 Å². The van der Waals surface area contributed by atoms with Crippen LogP contribution in [-0.2, 0) is 4.79 Å². The maximum atomic E-state index is 13.1. The quantitative estimate of drug-likeness (QED) is 0.718. The van der Waals surface area contributed by atoms with Gasteiger partial charge in [-0.2, -0.15) is 0 Å². The molecule has 0 radical (unpaired) electrons. The summed E-state index contributed by atoms with van der Waals surface area (Å²) >= 11 is 2.66. The lowest BCUT2D eigenvalue weighted by Crippen LogP contribution is -2.43. The van der Waals surface area contributed by atoms with Crippen molar-refractivity contribution in [3.05, 3.63) is 40.0 Å². The number of likely N-dealkylation sites (tertiary alicyclic amines) is 1. The molecule has 9 heteroatoms. The second kappa shape index (κ2) is 7.24. The summed E-state index contributed by atoms with van der Waals surface area (Å²) in [7, 11) is 0. The average molecular weight is 403 g/mol. The molecule has 0 spiro atoms. The molecule has 1 fully saturated rings. The number of amides is 2. The van der Waals surface area contributed by atoms with Gasteiger partial charge in [0.1, 0.15) is 16.7 Å². The van der Waals surface area contributed by atoms with Crippen LogP contribution in [0.5, 0.6) is 0 Å². The fraction of sp³-hybridized carbons (Fsp3) is 0.333. The van der Waals surface area contributed by atoms with Crippen LogP contribution < -0.4 is 5.32 Å². The second-order valence-electron chi connectivity index (χ2n) is 6.33. The lowest BCUT2D eigenvalue weighted by molar-refractivity contribution is -0.119. The fourth-order valence-corrected chi connectivity index (χ4v) is 4.65. The van der Waals surface area contributed by atoms with Crippen LogP contribution in [-0.4, -0.2) is 39.3 Å². The van der Waals surface area contributed by atoms with Crippen molar-refractivity contribution < 1.29 is 14.0 Å². The molecule has 140 valence electrons. The first-order valence-corrected chi connectivity index (χ1v) is 10.3. The number of anilines is 1. The average Bonchev–Trinajstić information content (AvgIpc) is 3.41. The van der Waals surface area contributed by atoms with Crippen molar-refractivity contribution >= 4 is 39.6 Å². The molecule has 1 aliphatic rings. The molecule has 0 aromatic carbocycles. The highest BCUT2D eigenvalue weighted by Gasteiger charge is 2.36. The van der Waals surface area contributed by atoms with E-state index >= 15 is 0 Å². The third-order valence-electron chi connectivity index (χ3n) is 4.42. The van der Waals surface area contributed by atoms with E-state index in [-0.39, 0.29) is 11.8 Å². The summed E-state index contributed by atoms with van der Waals surface area (Å²) in [5.41, 5.74) is 0.653. The molecular formula is C18H18N4O3S2.